The van der Waals surface area contributed by atoms with Crippen molar-refractivity contribution in [1.29, 1.82) is 0 Å². The van der Waals surface area contributed by atoms with Gasteiger partial charge in [0.05, 0.1) is 13.2 Å². The maximum atomic E-state index is 9.04. The number of nitrogens with zero attached hydrogens (tertiary/aromatic N) is 3. The average molecular weight is 340 g/mol. The van der Waals surface area contributed by atoms with E-state index < -0.39 is 0 Å². The fourth-order valence-electron chi connectivity index (χ4n) is 1.98. The van der Waals surface area contributed by atoms with Crippen molar-refractivity contribution < 1.29 is 9.63 Å². The molecule has 0 spiro atoms. The fourth-order valence-corrected chi connectivity index (χ4v) is 2.38. The van der Waals surface area contributed by atoms with E-state index in [0.717, 1.165) is 23.0 Å². The Morgan fingerprint density at radius 3 is 2.90 bits per heavy atom. The van der Waals surface area contributed by atoms with E-state index in [1.54, 1.807) is 0 Å². The van der Waals surface area contributed by atoms with Gasteiger partial charge in [-0.2, -0.15) is 4.98 Å². The average Bonchev–Trinajstić information content (AvgIpc) is 2.88. The van der Waals surface area contributed by atoms with Gasteiger partial charge < -0.3 is 9.63 Å². The van der Waals surface area contributed by atoms with Gasteiger partial charge in [0.2, 0.25) is 11.7 Å². The predicted molar refractivity (Wildman–Crippen MR) is 80.1 cm³/mol. The number of aliphatic hydroxyl groups is 1. The van der Waals surface area contributed by atoms with Gasteiger partial charge in [-0.25, -0.2) is 0 Å². The van der Waals surface area contributed by atoms with Crippen LogP contribution in [0.4, 0.5) is 0 Å². The predicted octanol–water partition coefficient (Wildman–Crippen LogP) is 2.70. The second-order valence-electron chi connectivity index (χ2n) is 4.52. The van der Waals surface area contributed by atoms with Crippen molar-refractivity contribution in [2.45, 2.75) is 19.9 Å². The summed E-state index contributed by atoms with van der Waals surface area (Å²) in [6.45, 7) is 4.31. The molecule has 0 saturated heterocycles. The number of aliphatic hydroxyl groups excluding tert-OH is 1. The SMILES string of the molecule is CCCN(CCO)Cc1nc(-c2cccc(Br)c2)no1. The van der Waals surface area contributed by atoms with Crippen LogP contribution in [0.1, 0.15) is 19.2 Å². The van der Waals surface area contributed by atoms with Gasteiger partial charge in [0.15, 0.2) is 0 Å². The Kier molecular flexibility index (Phi) is 5.70. The summed E-state index contributed by atoms with van der Waals surface area (Å²) in [7, 11) is 0. The summed E-state index contributed by atoms with van der Waals surface area (Å²) in [5.41, 5.74) is 0.915. The van der Waals surface area contributed by atoms with Gasteiger partial charge in [-0.15, -0.1) is 0 Å². The van der Waals surface area contributed by atoms with Crippen molar-refractivity contribution in [3.05, 3.63) is 34.6 Å². The number of rotatable bonds is 7. The number of benzene rings is 1. The molecule has 1 N–H and O–H groups in total. The van der Waals surface area contributed by atoms with Crippen LogP contribution in [0.3, 0.4) is 0 Å². The van der Waals surface area contributed by atoms with Crippen LogP contribution in [0, 0.1) is 0 Å². The first kappa shape index (κ1) is 15.2. The van der Waals surface area contributed by atoms with Crippen molar-refractivity contribution in [1.82, 2.24) is 15.0 Å². The lowest BCUT2D eigenvalue weighted by molar-refractivity contribution is 0.174. The normalized spacial score (nSPS) is 11.2. The van der Waals surface area contributed by atoms with Crippen molar-refractivity contribution in [2.75, 3.05) is 19.7 Å². The maximum absolute atomic E-state index is 9.04. The topological polar surface area (TPSA) is 62.4 Å². The van der Waals surface area contributed by atoms with Crippen LogP contribution in [0.2, 0.25) is 0 Å². The number of aromatic nitrogens is 2. The molecule has 0 unspecified atom stereocenters. The van der Waals surface area contributed by atoms with Crippen LogP contribution >= 0.6 is 15.9 Å². The lowest BCUT2D eigenvalue weighted by Gasteiger charge is -2.17. The molecule has 20 heavy (non-hydrogen) atoms. The number of hydrogen-bond acceptors (Lipinski definition) is 5. The van der Waals surface area contributed by atoms with Crippen molar-refractivity contribution in [2.24, 2.45) is 0 Å². The highest BCUT2D eigenvalue weighted by Gasteiger charge is 2.12. The Morgan fingerprint density at radius 2 is 2.20 bits per heavy atom. The van der Waals surface area contributed by atoms with Gasteiger partial charge in [0.25, 0.3) is 0 Å². The number of halogens is 1. The summed E-state index contributed by atoms with van der Waals surface area (Å²) in [5.74, 6) is 1.16. The summed E-state index contributed by atoms with van der Waals surface area (Å²) in [6.07, 6.45) is 1.02. The third-order valence-electron chi connectivity index (χ3n) is 2.87. The van der Waals surface area contributed by atoms with Gasteiger partial charge >= 0.3 is 0 Å². The summed E-state index contributed by atoms with van der Waals surface area (Å²) < 4.78 is 6.26. The van der Waals surface area contributed by atoms with E-state index in [-0.39, 0.29) is 6.61 Å². The molecule has 0 saturated carbocycles. The zero-order valence-corrected chi connectivity index (χ0v) is 13.0. The van der Waals surface area contributed by atoms with E-state index in [1.807, 2.05) is 24.3 Å². The third-order valence-corrected chi connectivity index (χ3v) is 3.36. The highest BCUT2D eigenvalue weighted by Crippen LogP contribution is 2.20. The minimum absolute atomic E-state index is 0.132. The van der Waals surface area contributed by atoms with Crippen LogP contribution in [0.5, 0.6) is 0 Å². The van der Waals surface area contributed by atoms with Crippen LogP contribution in [0.15, 0.2) is 33.3 Å². The molecular weight excluding hydrogens is 322 g/mol. The van der Waals surface area contributed by atoms with Gasteiger partial charge in [0, 0.05) is 16.6 Å². The van der Waals surface area contributed by atoms with Gasteiger partial charge in [-0.05, 0) is 25.1 Å². The summed E-state index contributed by atoms with van der Waals surface area (Å²) >= 11 is 3.43. The monoisotopic (exact) mass is 339 g/mol. The van der Waals surface area contributed by atoms with Gasteiger partial charge in [0.1, 0.15) is 0 Å². The lowest BCUT2D eigenvalue weighted by Crippen LogP contribution is -2.27. The van der Waals surface area contributed by atoms with Crippen molar-refractivity contribution >= 4 is 15.9 Å². The Labute approximate surface area is 126 Å². The highest BCUT2D eigenvalue weighted by atomic mass is 79.9. The molecule has 1 heterocycles. The third kappa shape index (κ3) is 4.13. The van der Waals surface area contributed by atoms with E-state index in [4.69, 9.17) is 9.63 Å². The molecule has 0 aliphatic heterocycles. The first-order valence-electron chi connectivity index (χ1n) is 6.64. The van der Waals surface area contributed by atoms with E-state index in [9.17, 15) is 0 Å². The molecule has 1 aromatic heterocycles. The molecule has 0 aliphatic rings. The minimum atomic E-state index is 0.132. The molecule has 5 nitrogen and oxygen atoms in total. The second kappa shape index (κ2) is 7.52. The summed E-state index contributed by atoms with van der Waals surface area (Å²) in [4.78, 5) is 6.50. The fraction of sp³-hybridized carbons (Fsp3) is 0.429. The Bertz CT molecular complexity index is 539. The molecule has 1 aromatic carbocycles. The molecule has 0 fully saturated rings. The Hall–Kier alpha value is -1.24. The van der Waals surface area contributed by atoms with Crippen molar-refractivity contribution in [3.63, 3.8) is 0 Å². The zero-order valence-electron chi connectivity index (χ0n) is 11.4. The zero-order chi connectivity index (χ0) is 14.4. The molecular formula is C14H18BrN3O2. The van der Waals surface area contributed by atoms with Crippen LogP contribution in [-0.4, -0.2) is 39.8 Å². The first-order valence-corrected chi connectivity index (χ1v) is 7.44. The van der Waals surface area contributed by atoms with Crippen LogP contribution < -0.4 is 0 Å². The lowest BCUT2D eigenvalue weighted by atomic mass is 10.2. The van der Waals surface area contributed by atoms with E-state index in [2.05, 4.69) is 37.9 Å². The Morgan fingerprint density at radius 1 is 1.35 bits per heavy atom. The van der Waals surface area contributed by atoms with Gasteiger partial charge in [-0.3, -0.25) is 4.90 Å². The maximum Gasteiger partial charge on any atom is 0.241 e. The summed E-state index contributed by atoms with van der Waals surface area (Å²) in [6, 6.07) is 7.78. The molecule has 2 aromatic rings. The molecule has 0 amide bonds. The second-order valence-corrected chi connectivity index (χ2v) is 5.44. The first-order chi connectivity index (χ1) is 9.72. The molecule has 6 heteroatoms. The molecule has 0 bridgehead atoms. The largest absolute Gasteiger partial charge is 0.395 e. The minimum Gasteiger partial charge on any atom is -0.395 e. The molecule has 108 valence electrons. The smallest absolute Gasteiger partial charge is 0.241 e. The summed E-state index contributed by atoms with van der Waals surface area (Å²) in [5, 5.41) is 13.0. The van der Waals surface area contributed by atoms with Crippen LogP contribution in [0.25, 0.3) is 11.4 Å². The standard InChI is InChI=1S/C14H18BrN3O2/c1-2-6-18(7-8-19)10-13-16-14(17-20-13)11-4-3-5-12(15)9-11/h3-5,9,19H,2,6-8,10H2,1H3. The molecule has 2 rings (SSSR count). The Balaban J connectivity index is 2.08. The molecule has 0 radical (unpaired) electrons. The van der Waals surface area contributed by atoms with Crippen LogP contribution in [-0.2, 0) is 6.54 Å². The van der Waals surface area contributed by atoms with Gasteiger partial charge in [-0.1, -0.05) is 40.1 Å². The van der Waals surface area contributed by atoms with E-state index >= 15 is 0 Å². The van der Waals surface area contributed by atoms with E-state index in [1.165, 1.54) is 0 Å². The highest BCUT2D eigenvalue weighted by molar-refractivity contribution is 9.10. The van der Waals surface area contributed by atoms with E-state index in [0.29, 0.717) is 24.8 Å². The molecule has 0 atom stereocenters. The van der Waals surface area contributed by atoms with Crippen molar-refractivity contribution in [3.8, 4) is 11.4 Å². The quantitative estimate of drug-likeness (QED) is 0.840. The number of hydrogen-bond donors (Lipinski definition) is 1. The molecule has 0 aliphatic carbocycles.